The van der Waals surface area contributed by atoms with E-state index in [-0.39, 0.29) is 35.6 Å². The third-order valence-electron chi connectivity index (χ3n) is 3.37. The molecule has 0 aliphatic carbocycles. The first-order chi connectivity index (χ1) is 11.0. The molecule has 0 bridgehead atoms. The Balaban J connectivity index is 1.63. The molecule has 0 radical (unpaired) electrons. The van der Waals surface area contributed by atoms with Crippen LogP contribution in [-0.4, -0.2) is 41.7 Å². The van der Waals surface area contributed by atoms with Crippen molar-refractivity contribution in [3.63, 3.8) is 0 Å². The van der Waals surface area contributed by atoms with E-state index >= 15 is 0 Å². The van der Waals surface area contributed by atoms with Crippen molar-refractivity contribution in [2.24, 2.45) is 0 Å². The summed E-state index contributed by atoms with van der Waals surface area (Å²) in [6.45, 7) is 0.521. The predicted molar refractivity (Wildman–Crippen MR) is 88.6 cm³/mol. The molecule has 1 aliphatic heterocycles. The first-order valence-electron chi connectivity index (χ1n) is 7.31. The van der Waals surface area contributed by atoms with Gasteiger partial charge in [0.05, 0.1) is 19.0 Å². The molecule has 1 aromatic carbocycles. The number of carbonyl (C=O) groups is 3. The lowest BCUT2D eigenvalue weighted by molar-refractivity contribution is -0.130. The van der Waals surface area contributed by atoms with Gasteiger partial charge in [0.2, 0.25) is 5.91 Å². The normalized spacial score (nSPS) is 19.9. The molecule has 0 aromatic heterocycles. The van der Waals surface area contributed by atoms with Crippen LogP contribution in [0.4, 0.5) is 0 Å². The molecule has 7 nitrogen and oxygen atoms in total. The van der Waals surface area contributed by atoms with Gasteiger partial charge in [0.15, 0.2) is 0 Å². The molecular weight excluding hydrogens is 364 g/mol. The van der Waals surface area contributed by atoms with Crippen LogP contribution in [0.2, 0.25) is 0 Å². The fraction of sp³-hybridized carbons (Fsp3) is 0.400. The summed E-state index contributed by atoms with van der Waals surface area (Å²) >= 11 is 3.42. The van der Waals surface area contributed by atoms with Crippen LogP contribution in [0, 0.1) is 0 Å². The number of rotatable bonds is 5. The fourth-order valence-electron chi connectivity index (χ4n) is 2.18. The second-order valence-corrected chi connectivity index (χ2v) is 6.57. The highest BCUT2D eigenvalue weighted by Gasteiger charge is 2.27. The Morgan fingerprint density at radius 3 is 2.52 bits per heavy atom. The van der Waals surface area contributed by atoms with Gasteiger partial charge in [-0.2, -0.15) is 0 Å². The number of halogens is 1. The monoisotopic (exact) mass is 382 g/mol. The maximum absolute atomic E-state index is 11.8. The van der Waals surface area contributed by atoms with Gasteiger partial charge in [0.25, 0.3) is 11.8 Å². The SMILES string of the molecule is O=C(Cc1ccccc1)NCC(=O)NNC(=O)C1CC(Br)CN1. The van der Waals surface area contributed by atoms with Crippen molar-refractivity contribution in [1.29, 1.82) is 0 Å². The van der Waals surface area contributed by atoms with Gasteiger partial charge in [-0.05, 0) is 12.0 Å². The van der Waals surface area contributed by atoms with E-state index < -0.39 is 5.91 Å². The Morgan fingerprint density at radius 2 is 1.87 bits per heavy atom. The van der Waals surface area contributed by atoms with E-state index in [0.29, 0.717) is 13.0 Å². The number of benzene rings is 1. The molecule has 1 heterocycles. The molecule has 2 unspecified atom stereocenters. The third-order valence-corrected chi connectivity index (χ3v) is 4.07. The average Bonchev–Trinajstić information content (AvgIpc) is 2.98. The van der Waals surface area contributed by atoms with Gasteiger partial charge in [0, 0.05) is 11.4 Å². The summed E-state index contributed by atoms with van der Waals surface area (Å²) in [5, 5.41) is 5.53. The molecular formula is C15H19BrN4O3. The number of hydrazine groups is 1. The highest BCUT2D eigenvalue weighted by Crippen LogP contribution is 2.13. The second-order valence-electron chi connectivity index (χ2n) is 5.27. The summed E-state index contributed by atoms with van der Waals surface area (Å²) < 4.78 is 0. The molecule has 0 spiro atoms. The minimum Gasteiger partial charge on any atom is -0.347 e. The van der Waals surface area contributed by atoms with Gasteiger partial charge in [-0.25, -0.2) is 0 Å². The molecule has 2 rings (SSSR count). The van der Waals surface area contributed by atoms with E-state index in [4.69, 9.17) is 0 Å². The standard InChI is InChI=1S/C15H19BrN4O3/c16-11-7-12(17-8-11)15(23)20-19-14(22)9-18-13(21)6-10-4-2-1-3-5-10/h1-5,11-12,17H,6-9H2,(H,18,21)(H,19,22)(H,20,23). The first-order valence-corrected chi connectivity index (χ1v) is 8.23. The van der Waals surface area contributed by atoms with Crippen molar-refractivity contribution < 1.29 is 14.4 Å². The Kier molecular flexibility index (Phi) is 6.54. The van der Waals surface area contributed by atoms with Gasteiger partial charge < -0.3 is 10.6 Å². The Labute approximate surface area is 142 Å². The first kappa shape index (κ1) is 17.4. The molecule has 1 saturated heterocycles. The zero-order valence-electron chi connectivity index (χ0n) is 12.5. The van der Waals surface area contributed by atoms with Crippen molar-refractivity contribution >= 4 is 33.7 Å². The van der Waals surface area contributed by atoms with Crippen molar-refractivity contribution in [2.75, 3.05) is 13.1 Å². The average molecular weight is 383 g/mol. The maximum atomic E-state index is 11.8. The minimum absolute atomic E-state index is 0.189. The minimum atomic E-state index is -0.479. The van der Waals surface area contributed by atoms with Crippen LogP contribution >= 0.6 is 15.9 Å². The Bertz CT molecular complexity index is 567. The number of amides is 3. The molecule has 1 fully saturated rings. The van der Waals surface area contributed by atoms with Crippen molar-refractivity contribution in [3.05, 3.63) is 35.9 Å². The molecule has 4 N–H and O–H groups in total. The van der Waals surface area contributed by atoms with Gasteiger partial charge in [-0.1, -0.05) is 46.3 Å². The predicted octanol–water partition coefficient (Wildman–Crippen LogP) is -0.382. The van der Waals surface area contributed by atoms with Gasteiger partial charge in [-0.15, -0.1) is 0 Å². The molecule has 23 heavy (non-hydrogen) atoms. The summed E-state index contributed by atoms with van der Waals surface area (Å²) in [5.41, 5.74) is 5.50. The highest BCUT2D eigenvalue weighted by atomic mass is 79.9. The lowest BCUT2D eigenvalue weighted by Gasteiger charge is -2.12. The summed E-state index contributed by atoms with van der Waals surface area (Å²) in [4.78, 5) is 35.4. The van der Waals surface area contributed by atoms with Crippen LogP contribution in [0.5, 0.6) is 0 Å². The van der Waals surface area contributed by atoms with Crippen LogP contribution in [0.15, 0.2) is 30.3 Å². The number of hydrogen-bond donors (Lipinski definition) is 4. The lowest BCUT2D eigenvalue weighted by Crippen LogP contribution is -2.51. The Morgan fingerprint density at radius 1 is 1.13 bits per heavy atom. The topological polar surface area (TPSA) is 99.3 Å². The highest BCUT2D eigenvalue weighted by molar-refractivity contribution is 9.09. The van der Waals surface area contributed by atoms with Crippen molar-refractivity contribution in [1.82, 2.24) is 21.5 Å². The zero-order chi connectivity index (χ0) is 16.7. The van der Waals surface area contributed by atoms with Crippen molar-refractivity contribution in [3.8, 4) is 0 Å². The van der Waals surface area contributed by atoms with Gasteiger partial charge in [-0.3, -0.25) is 25.2 Å². The number of carbonyl (C=O) groups excluding carboxylic acids is 3. The maximum Gasteiger partial charge on any atom is 0.257 e. The van der Waals surface area contributed by atoms with E-state index in [9.17, 15) is 14.4 Å². The van der Waals surface area contributed by atoms with Crippen LogP contribution in [-0.2, 0) is 20.8 Å². The molecule has 8 heteroatoms. The summed E-state index contributed by atoms with van der Waals surface area (Å²) in [6.07, 6.45) is 0.870. The molecule has 124 valence electrons. The van der Waals surface area contributed by atoms with E-state index in [1.807, 2.05) is 30.3 Å². The summed E-state index contributed by atoms with van der Waals surface area (Å²) in [6, 6.07) is 8.91. The number of alkyl halides is 1. The molecule has 2 atom stereocenters. The smallest absolute Gasteiger partial charge is 0.257 e. The largest absolute Gasteiger partial charge is 0.347 e. The summed E-state index contributed by atoms with van der Waals surface area (Å²) in [7, 11) is 0. The third kappa shape index (κ3) is 5.99. The number of nitrogens with one attached hydrogen (secondary N) is 4. The van der Waals surface area contributed by atoms with E-state index in [1.54, 1.807) is 0 Å². The van der Waals surface area contributed by atoms with Crippen LogP contribution in [0.25, 0.3) is 0 Å². The second kappa shape index (κ2) is 8.64. The number of hydrogen-bond acceptors (Lipinski definition) is 4. The van der Waals surface area contributed by atoms with Gasteiger partial charge >= 0.3 is 0 Å². The molecule has 3 amide bonds. The molecule has 0 saturated carbocycles. The van der Waals surface area contributed by atoms with Gasteiger partial charge in [0.1, 0.15) is 0 Å². The molecule has 1 aromatic rings. The van der Waals surface area contributed by atoms with E-state index in [2.05, 4.69) is 37.4 Å². The fourth-order valence-corrected chi connectivity index (χ4v) is 2.74. The zero-order valence-corrected chi connectivity index (χ0v) is 14.1. The van der Waals surface area contributed by atoms with Crippen LogP contribution in [0.3, 0.4) is 0 Å². The van der Waals surface area contributed by atoms with Crippen LogP contribution < -0.4 is 21.5 Å². The van der Waals surface area contributed by atoms with E-state index in [1.165, 1.54) is 0 Å². The van der Waals surface area contributed by atoms with Crippen molar-refractivity contribution in [2.45, 2.75) is 23.7 Å². The lowest BCUT2D eigenvalue weighted by atomic mass is 10.1. The Hall–Kier alpha value is -1.93. The quantitative estimate of drug-likeness (QED) is 0.412. The molecule has 1 aliphatic rings. The van der Waals surface area contributed by atoms with Crippen LogP contribution in [0.1, 0.15) is 12.0 Å². The summed E-state index contributed by atoms with van der Waals surface area (Å²) in [5.74, 6) is -1.03. The van der Waals surface area contributed by atoms with E-state index in [0.717, 1.165) is 5.56 Å².